The highest BCUT2D eigenvalue weighted by molar-refractivity contribution is 5.95. The highest BCUT2D eigenvalue weighted by Crippen LogP contribution is 2.21. The lowest BCUT2D eigenvalue weighted by Gasteiger charge is -2.26. The summed E-state index contributed by atoms with van der Waals surface area (Å²) in [6.07, 6.45) is 4.70. The molecule has 5 N–H and O–H groups in total. The second-order valence-corrected chi connectivity index (χ2v) is 6.51. The molecular weight excluding hydrogens is 312 g/mol. The Balaban J connectivity index is 2.67. The number of carbonyl (C=O) groups excluding carboxylic acids is 3. The summed E-state index contributed by atoms with van der Waals surface area (Å²) in [6, 6.07) is -0.763. The van der Waals surface area contributed by atoms with Gasteiger partial charge in [-0.25, -0.2) is 10.4 Å². The largest absolute Gasteiger partial charge is 0.370 e. The highest BCUT2D eigenvalue weighted by Gasteiger charge is 2.27. The van der Waals surface area contributed by atoms with Crippen LogP contribution >= 0.6 is 0 Å². The maximum absolute atomic E-state index is 12.3. The fourth-order valence-electron chi connectivity index (χ4n) is 1.89. The van der Waals surface area contributed by atoms with Crippen LogP contribution in [0.1, 0.15) is 44.1 Å². The number of aromatic nitrogens is 2. The predicted molar refractivity (Wildman–Crippen MR) is 87.3 cm³/mol. The first kappa shape index (κ1) is 19.5. The first-order valence-corrected chi connectivity index (χ1v) is 7.57. The molecule has 1 aromatic heterocycles. The zero-order chi connectivity index (χ0) is 18.2. The smallest absolute Gasteiger partial charge is 0.272 e. The molecule has 1 atom stereocenters. The highest BCUT2D eigenvalue weighted by atomic mass is 16.2. The summed E-state index contributed by atoms with van der Waals surface area (Å²) in [7, 11) is 0. The normalized spacial score (nSPS) is 12.3. The Morgan fingerprint density at radius 1 is 1.25 bits per heavy atom. The summed E-state index contributed by atoms with van der Waals surface area (Å²) in [4.78, 5) is 42.9. The minimum absolute atomic E-state index is 0.0934. The molecule has 0 saturated carbocycles. The first-order valence-electron chi connectivity index (χ1n) is 7.57. The summed E-state index contributed by atoms with van der Waals surface area (Å²) in [5, 5.41) is 2.65. The molecule has 0 aliphatic rings. The number of hydrazine groups is 1. The molecule has 0 fully saturated rings. The fourth-order valence-corrected chi connectivity index (χ4v) is 1.89. The van der Waals surface area contributed by atoms with Gasteiger partial charge in [0.25, 0.3) is 11.8 Å². The number of hydrogen-bond donors (Lipinski definition) is 4. The van der Waals surface area contributed by atoms with Crippen LogP contribution < -0.4 is 21.9 Å². The van der Waals surface area contributed by atoms with Crippen molar-refractivity contribution in [3.05, 3.63) is 24.3 Å². The Kier molecular flexibility index (Phi) is 7.25. The van der Waals surface area contributed by atoms with Gasteiger partial charge in [-0.3, -0.25) is 24.8 Å². The molecule has 9 heteroatoms. The van der Waals surface area contributed by atoms with Crippen LogP contribution in [0.2, 0.25) is 0 Å². The van der Waals surface area contributed by atoms with Gasteiger partial charge in [0.2, 0.25) is 5.91 Å². The lowest BCUT2D eigenvalue weighted by Crippen LogP contribution is -2.52. The van der Waals surface area contributed by atoms with Crippen molar-refractivity contribution in [1.29, 1.82) is 0 Å². The van der Waals surface area contributed by atoms with Gasteiger partial charge >= 0.3 is 0 Å². The number of rotatable bonds is 8. The molecule has 0 aromatic carbocycles. The second kappa shape index (κ2) is 8.92. The molecule has 0 saturated heterocycles. The standard InChI is InChI=1S/C15H24N6O3/c1-15(2,3)8-10(14(24)21-19-5-4-12(16)22)20-13(23)11-9-17-6-7-18-11/h6-7,9-10,19H,4-5,8H2,1-3H3,(H2,16,22)(H,20,23)(H,21,24)/t10-/m0/s1. The maximum Gasteiger partial charge on any atom is 0.272 e. The van der Waals surface area contributed by atoms with E-state index in [1.54, 1.807) is 0 Å². The van der Waals surface area contributed by atoms with Crippen LogP contribution in [0, 0.1) is 5.41 Å². The minimum Gasteiger partial charge on any atom is -0.370 e. The molecule has 3 amide bonds. The molecule has 0 spiro atoms. The van der Waals surface area contributed by atoms with Crippen molar-refractivity contribution < 1.29 is 14.4 Å². The predicted octanol–water partition coefficient (Wildman–Crippen LogP) is -0.493. The number of amides is 3. The molecule has 1 heterocycles. The third-order valence-corrected chi connectivity index (χ3v) is 2.94. The van der Waals surface area contributed by atoms with Crippen molar-refractivity contribution in [1.82, 2.24) is 26.1 Å². The van der Waals surface area contributed by atoms with E-state index in [-0.39, 0.29) is 24.1 Å². The van der Waals surface area contributed by atoms with Crippen LogP contribution in [0.4, 0.5) is 0 Å². The van der Waals surface area contributed by atoms with Gasteiger partial charge < -0.3 is 11.1 Å². The summed E-state index contributed by atoms with van der Waals surface area (Å²) >= 11 is 0. The van der Waals surface area contributed by atoms with E-state index in [9.17, 15) is 14.4 Å². The summed E-state index contributed by atoms with van der Waals surface area (Å²) in [6.45, 7) is 6.09. The molecule has 0 aliphatic carbocycles. The van der Waals surface area contributed by atoms with E-state index < -0.39 is 23.8 Å². The minimum atomic E-state index is -0.763. The van der Waals surface area contributed by atoms with E-state index in [0.29, 0.717) is 6.42 Å². The van der Waals surface area contributed by atoms with Crippen LogP contribution in [0.15, 0.2) is 18.6 Å². The molecule has 0 bridgehead atoms. The number of carbonyl (C=O) groups is 3. The molecule has 0 aliphatic heterocycles. The van der Waals surface area contributed by atoms with Crippen molar-refractivity contribution in [2.45, 2.75) is 39.7 Å². The van der Waals surface area contributed by atoms with Crippen molar-refractivity contribution in [2.75, 3.05) is 6.54 Å². The maximum atomic E-state index is 12.3. The summed E-state index contributed by atoms with van der Waals surface area (Å²) in [5.41, 5.74) is 10.0. The second-order valence-electron chi connectivity index (χ2n) is 6.51. The van der Waals surface area contributed by atoms with Gasteiger partial charge in [0, 0.05) is 25.4 Å². The number of nitrogens with two attached hydrogens (primary N) is 1. The topological polar surface area (TPSA) is 139 Å². The van der Waals surface area contributed by atoms with E-state index in [1.807, 2.05) is 20.8 Å². The molecule has 132 valence electrons. The van der Waals surface area contributed by atoms with Crippen molar-refractivity contribution in [3.8, 4) is 0 Å². The summed E-state index contributed by atoms with van der Waals surface area (Å²) < 4.78 is 0. The average molecular weight is 336 g/mol. The Bertz CT molecular complexity index is 570. The van der Waals surface area contributed by atoms with Gasteiger partial charge in [0.1, 0.15) is 11.7 Å². The number of nitrogens with zero attached hydrogens (tertiary/aromatic N) is 2. The Labute approximate surface area is 140 Å². The summed E-state index contributed by atoms with van der Waals surface area (Å²) in [5.74, 6) is -1.37. The van der Waals surface area contributed by atoms with Gasteiger partial charge in [-0.2, -0.15) is 0 Å². The average Bonchev–Trinajstić information content (AvgIpc) is 2.50. The van der Waals surface area contributed by atoms with Crippen LogP contribution in [0.25, 0.3) is 0 Å². The lowest BCUT2D eigenvalue weighted by atomic mass is 9.87. The number of primary amides is 1. The van der Waals surface area contributed by atoms with E-state index >= 15 is 0 Å². The van der Waals surface area contributed by atoms with E-state index in [2.05, 4.69) is 26.1 Å². The van der Waals surface area contributed by atoms with Gasteiger partial charge in [0.15, 0.2) is 0 Å². The number of hydrogen-bond acceptors (Lipinski definition) is 6. The van der Waals surface area contributed by atoms with E-state index in [1.165, 1.54) is 18.6 Å². The van der Waals surface area contributed by atoms with Crippen molar-refractivity contribution >= 4 is 17.7 Å². The first-order chi connectivity index (χ1) is 11.2. The van der Waals surface area contributed by atoms with Gasteiger partial charge in [-0.1, -0.05) is 20.8 Å². The van der Waals surface area contributed by atoms with E-state index in [0.717, 1.165) is 0 Å². The monoisotopic (exact) mass is 336 g/mol. The van der Waals surface area contributed by atoms with Gasteiger partial charge in [-0.15, -0.1) is 0 Å². The van der Waals surface area contributed by atoms with Crippen LogP contribution in [0.5, 0.6) is 0 Å². The van der Waals surface area contributed by atoms with Gasteiger partial charge in [-0.05, 0) is 11.8 Å². The molecule has 1 rings (SSSR count). The molecular formula is C15H24N6O3. The fraction of sp³-hybridized carbons (Fsp3) is 0.533. The van der Waals surface area contributed by atoms with Crippen LogP contribution in [-0.2, 0) is 9.59 Å². The Morgan fingerprint density at radius 3 is 2.50 bits per heavy atom. The third-order valence-electron chi connectivity index (χ3n) is 2.94. The van der Waals surface area contributed by atoms with Crippen molar-refractivity contribution in [3.63, 3.8) is 0 Å². The van der Waals surface area contributed by atoms with Crippen LogP contribution in [0.3, 0.4) is 0 Å². The number of nitrogens with one attached hydrogen (secondary N) is 3. The Morgan fingerprint density at radius 2 is 1.96 bits per heavy atom. The third kappa shape index (κ3) is 7.63. The quantitative estimate of drug-likeness (QED) is 0.373. The van der Waals surface area contributed by atoms with Gasteiger partial charge in [0.05, 0.1) is 6.20 Å². The Hall–Kier alpha value is -2.55. The molecule has 0 radical (unpaired) electrons. The zero-order valence-corrected chi connectivity index (χ0v) is 14.1. The molecule has 1 aromatic rings. The molecule has 0 unspecified atom stereocenters. The molecule has 24 heavy (non-hydrogen) atoms. The molecule has 9 nitrogen and oxygen atoms in total. The lowest BCUT2D eigenvalue weighted by molar-refractivity contribution is -0.125. The SMILES string of the molecule is CC(C)(C)C[C@H](NC(=O)c1cnccn1)C(=O)NNCCC(N)=O. The van der Waals surface area contributed by atoms with E-state index in [4.69, 9.17) is 5.73 Å². The zero-order valence-electron chi connectivity index (χ0n) is 14.1. The van der Waals surface area contributed by atoms with Crippen LogP contribution in [-0.4, -0.2) is 40.3 Å². The van der Waals surface area contributed by atoms with Crippen molar-refractivity contribution in [2.24, 2.45) is 11.1 Å².